The van der Waals surface area contributed by atoms with Crippen LogP contribution in [0.25, 0.3) is 0 Å². The lowest BCUT2D eigenvalue weighted by atomic mass is 9.91. The molecule has 0 rings (SSSR count). The van der Waals surface area contributed by atoms with Gasteiger partial charge in [-0.25, -0.2) is 9.18 Å². The molecule has 0 amide bonds. The van der Waals surface area contributed by atoms with E-state index in [0.717, 1.165) is 32.1 Å². The van der Waals surface area contributed by atoms with Gasteiger partial charge in [0.25, 0.3) is 0 Å². The van der Waals surface area contributed by atoms with E-state index in [2.05, 4.69) is 13.8 Å². The number of carboxylic acid groups (broad SMARTS) is 1. The highest BCUT2D eigenvalue weighted by molar-refractivity contribution is 5.77. The maximum Gasteiger partial charge on any atom is 0.341 e. The van der Waals surface area contributed by atoms with Crippen molar-refractivity contribution in [3.05, 3.63) is 0 Å². The van der Waals surface area contributed by atoms with Crippen LogP contribution in [0.5, 0.6) is 0 Å². The van der Waals surface area contributed by atoms with Crippen LogP contribution in [-0.2, 0) is 4.79 Å². The molecule has 0 aliphatic rings. The Kier molecular flexibility index (Phi) is 15.5. The molecule has 0 heterocycles. The summed E-state index contributed by atoms with van der Waals surface area (Å²) in [5.74, 6) is -1.26. The molecule has 3 heteroatoms. The molecule has 1 N–H and O–H groups in total. The maximum absolute atomic E-state index is 14.5. The van der Waals surface area contributed by atoms with E-state index >= 15 is 0 Å². The van der Waals surface area contributed by atoms with Crippen molar-refractivity contribution in [2.24, 2.45) is 0 Å². The molecule has 144 valence electrons. The number of unbranched alkanes of at least 4 members (excludes halogenated alkanes) is 13. The average molecular weight is 345 g/mol. The summed E-state index contributed by atoms with van der Waals surface area (Å²) in [6, 6.07) is 0. The largest absolute Gasteiger partial charge is 0.479 e. The number of carboxylic acids is 1. The Morgan fingerprint density at radius 3 is 1.29 bits per heavy atom. The highest BCUT2D eigenvalue weighted by Gasteiger charge is 2.37. The second kappa shape index (κ2) is 15.9. The van der Waals surface area contributed by atoms with Crippen LogP contribution in [0.3, 0.4) is 0 Å². The Morgan fingerprint density at radius 2 is 0.958 bits per heavy atom. The fourth-order valence-corrected chi connectivity index (χ4v) is 3.24. The second-order valence-corrected chi connectivity index (χ2v) is 7.37. The van der Waals surface area contributed by atoms with E-state index in [1.807, 2.05) is 0 Å². The third-order valence-electron chi connectivity index (χ3n) is 4.99. The van der Waals surface area contributed by atoms with Gasteiger partial charge in [-0.2, -0.15) is 0 Å². The van der Waals surface area contributed by atoms with Gasteiger partial charge in [0.1, 0.15) is 0 Å². The van der Waals surface area contributed by atoms with Crippen LogP contribution in [-0.4, -0.2) is 16.7 Å². The molecule has 0 aromatic carbocycles. The lowest BCUT2D eigenvalue weighted by molar-refractivity contribution is -0.152. The van der Waals surface area contributed by atoms with Gasteiger partial charge < -0.3 is 5.11 Å². The van der Waals surface area contributed by atoms with Crippen molar-refractivity contribution in [2.45, 2.75) is 129 Å². The minimum Gasteiger partial charge on any atom is -0.479 e. The number of alkyl halides is 1. The van der Waals surface area contributed by atoms with Gasteiger partial charge in [-0.15, -0.1) is 0 Å². The number of rotatable bonds is 18. The van der Waals surface area contributed by atoms with E-state index in [9.17, 15) is 14.3 Å². The summed E-state index contributed by atoms with van der Waals surface area (Å²) in [6.45, 7) is 4.34. The fourth-order valence-electron chi connectivity index (χ4n) is 3.24. The van der Waals surface area contributed by atoms with Crippen LogP contribution in [0.4, 0.5) is 4.39 Å². The van der Waals surface area contributed by atoms with Crippen molar-refractivity contribution < 1.29 is 14.3 Å². The zero-order valence-electron chi connectivity index (χ0n) is 16.3. The molecule has 0 aliphatic heterocycles. The first-order chi connectivity index (χ1) is 11.6. The molecule has 0 fully saturated rings. The Bertz CT molecular complexity index is 294. The van der Waals surface area contributed by atoms with Crippen molar-refractivity contribution >= 4 is 5.97 Å². The summed E-state index contributed by atoms with van der Waals surface area (Å²) in [5, 5.41) is 9.18. The first kappa shape index (κ1) is 23.4. The molecule has 0 saturated heterocycles. The Labute approximate surface area is 149 Å². The van der Waals surface area contributed by atoms with Gasteiger partial charge in [0, 0.05) is 0 Å². The zero-order valence-corrected chi connectivity index (χ0v) is 16.3. The molecule has 24 heavy (non-hydrogen) atoms. The molecule has 0 aromatic heterocycles. The number of halogens is 1. The highest BCUT2D eigenvalue weighted by atomic mass is 19.1. The quantitative estimate of drug-likeness (QED) is 0.262. The maximum atomic E-state index is 14.5. The van der Waals surface area contributed by atoms with E-state index < -0.39 is 11.6 Å². The molecule has 0 aliphatic carbocycles. The molecule has 0 bridgehead atoms. The van der Waals surface area contributed by atoms with Crippen LogP contribution in [0.1, 0.15) is 123 Å². The lowest BCUT2D eigenvalue weighted by Crippen LogP contribution is -2.33. The molecule has 0 radical (unpaired) electrons. The van der Waals surface area contributed by atoms with Gasteiger partial charge in [0.05, 0.1) is 0 Å². The van der Waals surface area contributed by atoms with Crippen molar-refractivity contribution in [3.63, 3.8) is 0 Å². The van der Waals surface area contributed by atoms with E-state index in [1.54, 1.807) is 0 Å². The predicted molar refractivity (Wildman–Crippen MR) is 101 cm³/mol. The fraction of sp³-hybridized carbons (Fsp3) is 0.952. The first-order valence-electron chi connectivity index (χ1n) is 10.5. The minimum atomic E-state index is -1.99. The van der Waals surface area contributed by atoms with Crippen molar-refractivity contribution in [3.8, 4) is 0 Å². The van der Waals surface area contributed by atoms with Crippen molar-refractivity contribution in [1.29, 1.82) is 0 Å². The Morgan fingerprint density at radius 1 is 0.667 bits per heavy atom. The number of hydrogen-bond donors (Lipinski definition) is 1. The van der Waals surface area contributed by atoms with Gasteiger partial charge in [0.15, 0.2) is 0 Å². The van der Waals surface area contributed by atoms with Crippen molar-refractivity contribution in [1.82, 2.24) is 0 Å². The molecule has 0 spiro atoms. The molecule has 0 aromatic rings. The van der Waals surface area contributed by atoms with Crippen LogP contribution in [0.2, 0.25) is 0 Å². The van der Waals surface area contributed by atoms with Crippen LogP contribution >= 0.6 is 0 Å². The van der Waals surface area contributed by atoms with Crippen LogP contribution in [0, 0.1) is 0 Å². The van der Waals surface area contributed by atoms with Crippen molar-refractivity contribution in [2.75, 3.05) is 0 Å². The minimum absolute atomic E-state index is 0.181. The number of hydrogen-bond acceptors (Lipinski definition) is 1. The zero-order chi connectivity index (χ0) is 18.1. The lowest BCUT2D eigenvalue weighted by Gasteiger charge is -2.20. The van der Waals surface area contributed by atoms with Gasteiger partial charge in [-0.3, -0.25) is 0 Å². The smallest absolute Gasteiger partial charge is 0.341 e. The van der Waals surface area contributed by atoms with Gasteiger partial charge >= 0.3 is 5.97 Å². The topological polar surface area (TPSA) is 37.3 Å². The monoisotopic (exact) mass is 344 g/mol. The van der Waals surface area contributed by atoms with E-state index in [4.69, 9.17) is 0 Å². The third-order valence-corrected chi connectivity index (χ3v) is 4.99. The predicted octanol–water partition coefficient (Wildman–Crippen LogP) is 7.45. The average Bonchev–Trinajstić information content (AvgIpc) is 2.56. The summed E-state index contributed by atoms with van der Waals surface area (Å²) in [4.78, 5) is 11.2. The molecular weight excluding hydrogens is 303 g/mol. The normalized spacial score (nSPS) is 13.8. The molecule has 0 saturated carbocycles. The first-order valence-corrected chi connectivity index (χ1v) is 10.5. The second-order valence-electron chi connectivity index (χ2n) is 7.37. The number of carbonyl (C=O) groups is 1. The van der Waals surface area contributed by atoms with Crippen LogP contribution < -0.4 is 0 Å². The van der Waals surface area contributed by atoms with Gasteiger partial charge in [0.2, 0.25) is 5.67 Å². The summed E-state index contributed by atoms with van der Waals surface area (Å²) in [7, 11) is 0. The van der Waals surface area contributed by atoms with E-state index in [1.165, 1.54) is 51.4 Å². The summed E-state index contributed by atoms with van der Waals surface area (Å²) < 4.78 is 14.5. The summed E-state index contributed by atoms with van der Waals surface area (Å²) in [5.41, 5.74) is -1.99. The summed E-state index contributed by atoms with van der Waals surface area (Å²) >= 11 is 0. The molecule has 1 atom stereocenters. The van der Waals surface area contributed by atoms with Gasteiger partial charge in [-0.05, 0) is 25.7 Å². The highest BCUT2D eigenvalue weighted by Crippen LogP contribution is 2.27. The van der Waals surface area contributed by atoms with E-state index in [0.29, 0.717) is 12.8 Å². The third kappa shape index (κ3) is 12.8. The Balaban J connectivity index is 3.61. The molecule has 1 unspecified atom stereocenters. The number of aliphatic carboxylic acids is 1. The van der Waals surface area contributed by atoms with Gasteiger partial charge in [-0.1, -0.05) is 97.3 Å². The Hall–Kier alpha value is -0.600. The molecular formula is C21H41FO2. The van der Waals surface area contributed by atoms with E-state index in [-0.39, 0.29) is 12.8 Å². The molecule has 2 nitrogen and oxygen atoms in total. The SMILES string of the molecule is CCCCCCCCCCCCCC(F)(CCCCCC)C(=O)O. The van der Waals surface area contributed by atoms with Crippen LogP contribution in [0.15, 0.2) is 0 Å². The standard InChI is InChI=1S/C21H41FO2/c1-3-5-7-9-10-11-12-13-14-15-17-19-21(22,20(23)24)18-16-8-6-4-2/h3-19H2,1-2H3,(H,23,24). The summed E-state index contributed by atoms with van der Waals surface area (Å²) in [6.07, 6.45) is 17.4.